The molecule has 0 bridgehead atoms. The number of nitrogens with zero attached hydrogens (tertiary/aromatic N) is 3. The molecular weight excluding hydrogens is 470 g/mol. The molecule has 0 fully saturated rings. The number of benzene rings is 2. The first-order valence-corrected chi connectivity index (χ1v) is 13.9. The van der Waals surface area contributed by atoms with E-state index >= 15 is 0 Å². The third-order valence-corrected chi connectivity index (χ3v) is 6.79. The van der Waals surface area contributed by atoms with E-state index < -0.39 is 0 Å². The van der Waals surface area contributed by atoms with Crippen LogP contribution in [-0.4, -0.2) is 30.2 Å². The van der Waals surface area contributed by atoms with Crippen molar-refractivity contribution in [2.24, 2.45) is 17.0 Å². The average Bonchev–Trinajstić information content (AvgIpc) is 3.08. The topological polar surface area (TPSA) is 48.1 Å². The molecule has 1 aromatic heterocycles. The van der Waals surface area contributed by atoms with Crippen molar-refractivity contribution in [1.29, 1.82) is 0 Å². The molecule has 3 rings (SSSR count). The molecule has 5 heteroatoms. The zero-order valence-electron chi connectivity index (χ0n) is 24.9. The molecule has 0 unspecified atom stereocenters. The second-order valence-corrected chi connectivity index (χ2v) is 10.4. The van der Waals surface area contributed by atoms with Crippen molar-refractivity contribution < 1.29 is 9.47 Å². The number of aromatic nitrogens is 1. The maximum Gasteiger partial charge on any atom is 0.188 e. The Kier molecular flexibility index (Phi) is 10.3. The van der Waals surface area contributed by atoms with Gasteiger partial charge in [0.2, 0.25) is 0 Å². The van der Waals surface area contributed by atoms with Gasteiger partial charge in [0.25, 0.3) is 0 Å². The fraction of sp³-hybridized carbons (Fsp3) is 0.455. The highest BCUT2D eigenvalue weighted by atomic mass is 16.5. The predicted molar refractivity (Wildman–Crippen MR) is 162 cm³/mol. The van der Waals surface area contributed by atoms with Crippen molar-refractivity contribution in [2.45, 2.75) is 81.1 Å². The highest BCUT2D eigenvalue weighted by Gasteiger charge is 2.23. The number of hydrogen-bond acceptors (Lipinski definition) is 4. The standard InChI is InChI=1S/C33H45N3O2/c1-10-12-14-37-32-28(20-34-30-24(5)16-22(3)17-25(30)6)36(9)29(33(32)38-15-13-11-2)21-35-31-26(7)18-23(4)19-27(31)8/h16-21H,10-15H2,1-9H3. The maximum atomic E-state index is 6.39. The summed E-state index contributed by atoms with van der Waals surface area (Å²) in [7, 11) is 2.03. The Morgan fingerprint density at radius 3 is 1.29 bits per heavy atom. The van der Waals surface area contributed by atoms with Crippen molar-refractivity contribution in [3.05, 3.63) is 69.0 Å². The first kappa shape index (κ1) is 29.2. The lowest BCUT2D eigenvalue weighted by molar-refractivity contribution is 0.263. The van der Waals surface area contributed by atoms with E-state index in [0.29, 0.717) is 13.2 Å². The number of hydrogen-bond donors (Lipinski definition) is 0. The summed E-state index contributed by atoms with van der Waals surface area (Å²) in [5, 5.41) is 0. The minimum atomic E-state index is 0.626. The number of aliphatic imine (C=N–C) groups is 2. The van der Waals surface area contributed by atoms with Crippen molar-refractivity contribution in [2.75, 3.05) is 13.2 Å². The smallest absolute Gasteiger partial charge is 0.188 e. The highest BCUT2D eigenvalue weighted by molar-refractivity contribution is 5.93. The van der Waals surface area contributed by atoms with Crippen LogP contribution in [0.5, 0.6) is 11.5 Å². The van der Waals surface area contributed by atoms with Gasteiger partial charge in [-0.15, -0.1) is 0 Å². The Labute approximate surface area is 229 Å². The molecule has 3 aromatic rings. The van der Waals surface area contributed by atoms with Crippen LogP contribution in [0.25, 0.3) is 0 Å². The molecule has 0 saturated carbocycles. The number of rotatable bonds is 12. The van der Waals surface area contributed by atoms with Gasteiger partial charge in [-0.25, -0.2) is 0 Å². The molecule has 0 aliphatic carbocycles. The van der Waals surface area contributed by atoms with Crippen LogP contribution in [-0.2, 0) is 7.05 Å². The molecule has 0 amide bonds. The van der Waals surface area contributed by atoms with Crippen molar-refractivity contribution in [3.63, 3.8) is 0 Å². The maximum absolute atomic E-state index is 6.39. The van der Waals surface area contributed by atoms with E-state index in [1.54, 1.807) is 0 Å². The van der Waals surface area contributed by atoms with Crippen LogP contribution in [0, 0.1) is 41.5 Å². The molecule has 0 radical (unpaired) electrons. The van der Waals surface area contributed by atoms with Crippen LogP contribution in [0.3, 0.4) is 0 Å². The van der Waals surface area contributed by atoms with Crippen molar-refractivity contribution in [3.8, 4) is 11.5 Å². The first-order valence-electron chi connectivity index (χ1n) is 13.9. The van der Waals surface area contributed by atoms with E-state index in [-0.39, 0.29) is 0 Å². The average molecular weight is 516 g/mol. The fourth-order valence-electron chi connectivity index (χ4n) is 4.88. The van der Waals surface area contributed by atoms with Gasteiger partial charge < -0.3 is 14.0 Å². The summed E-state index contributed by atoms with van der Waals surface area (Å²) in [5.74, 6) is 1.48. The predicted octanol–water partition coefficient (Wildman–Crippen LogP) is 8.73. The summed E-state index contributed by atoms with van der Waals surface area (Å²) >= 11 is 0. The Bertz CT molecular complexity index is 1170. The van der Waals surface area contributed by atoms with Gasteiger partial charge in [-0.1, -0.05) is 62.1 Å². The van der Waals surface area contributed by atoms with E-state index in [4.69, 9.17) is 19.5 Å². The van der Waals surface area contributed by atoms with Gasteiger partial charge in [-0.05, 0) is 76.6 Å². The van der Waals surface area contributed by atoms with Crippen molar-refractivity contribution >= 4 is 23.8 Å². The van der Waals surface area contributed by atoms with Crippen molar-refractivity contribution in [1.82, 2.24) is 4.57 Å². The molecule has 0 spiro atoms. The quantitative estimate of drug-likeness (QED) is 0.179. The molecule has 204 valence electrons. The number of unbranched alkanes of at least 4 members (excludes halogenated alkanes) is 2. The third-order valence-electron chi connectivity index (χ3n) is 6.79. The van der Waals surface area contributed by atoms with E-state index in [2.05, 4.69) is 84.2 Å². The van der Waals surface area contributed by atoms with Crippen LogP contribution in [0.1, 0.15) is 84.3 Å². The monoisotopic (exact) mass is 515 g/mol. The van der Waals surface area contributed by atoms with Gasteiger partial charge in [0, 0.05) is 7.05 Å². The molecule has 0 N–H and O–H groups in total. The lowest BCUT2D eigenvalue weighted by Gasteiger charge is -2.11. The Morgan fingerprint density at radius 2 is 0.974 bits per heavy atom. The number of ether oxygens (including phenoxy) is 2. The second-order valence-electron chi connectivity index (χ2n) is 10.4. The van der Waals surface area contributed by atoms with E-state index in [9.17, 15) is 0 Å². The van der Waals surface area contributed by atoms with Crippen LogP contribution in [0.2, 0.25) is 0 Å². The minimum absolute atomic E-state index is 0.626. The summed E-state index contributed by atoms with van der Waals surface area (Å²) in [4.78, 5) is 9.90. The normalized spacial score (nSPS) is 11.7. The molecule has 38 heavy (non-hydrogen) atoms. The summed E-state index contributed by atoms with van der Waals surface area (Å²) in [6, 6.07) is 8.69. The largest absolute Gasteiger partial charge is 0.488 e. The van der Waals surface area contributed by atoms with Crippen LogP contribution < -0.4 is 9.47 Å². The summed E-state index contributed by atoms with van der Waals surface area (Å²) in [6.45, 7) is 18.3. The Hall–Kier alpha value is -3.34. The van der Waals surface area contributed by atoms with Gasteiger partial charge in [0.15, 0.2) is 11.5 Å². The van der Waals surface area contributed by atoms with E-state index in [1.165, 1.54) is 11.1 Å². The molecule has 0 aliphatic rings. The van der Waals surface area contributed by atoms with Gasteiger partial charge in [0.1, 0.15) is 11.4 Å². The summed E-state index contributed by atoms with van der Waals surface area (Å²) in [6.07, 6.45) is 7.90. The lowest BCUT2D eigenvalue weighted by Crippen LogP contribution is -2.03. The molecular formula is C33H45N3O2. The van der Waals surface area contributed by atoms with E-state index in [0.717, 1.165) is 82.2 Å². The highest BCUT2D eigenvalue weighted by Crippen LogP contribution is 2.38. The van der Waals surface area contributed by atoms with Crippen LogP contribution >= 0.6 is 0 Å². The van der Waals surface area contributed by atoms with Gasteiger partial charge in [0.05, 0.1) is 37.0 Å². The van der Waals surface area contributed by atoms with Crippen LogP contribution in [0.4, 0.5) is 11.4 Å². The molecule has 2 aromatic carbocycles. The fourth-order valence-corrected chi connectivity index (χ4v) is 4.88. The molecule has 5 nitrogen and oxygen atoms in total. The number of aryl methyl sites for hydroxylation is 6. The lowest BCUT2D eigenvalue weighted by atomic mass is 10.1. The molecule has 1 heterocycles. The zero-order chi connectivity index (χ0) is 27.8. The first-order chi connectivity index (χ1) is 18.2. The molecule has 0 aliphatic heterocycles. The van der Waals surface area contributed by atoms with Crippen LogP contribution in [0.15, 0.2) is 34.3 Å². The van der Waals surface area contributed by atoms with Gasteiger partial charge >= 0.3 is 0 Å². The van der Waals surface area contributed by atoms with Gasteiger partial charge in [-0.2, -0.15) is 0 Å². The Morgan fingerprint density at radius 1 is 0.632 bits per heavy atom. The second kappa shape index (κ2) is 13.5. The van der Waals surface area contributed by atoms with Gasteiger partial charge in [-0.3, -0.25) is 9.98 Å². The molecule has 0 atom stereocenters. The minimum Gasteiger partial charge on any atom is -0.488 e. The third kappa shape index (κ3) is 6.94. The summed E-state index contributed by atoms with van der Waals surface area (Å²) in [5.41, 5.74) is 10.9. The molecule has 0 saturated heterocycles. The summed E-state index contributed by atoms with van der Waals surface area (Å²) < 4.78 is 14.9. The Balaban J connectivity index is 2.16. The zero-order valence-corrected chi connectivity index (χ0v) is 24.9. The SMILES string of the molecule is CCCCOc1c(OCCCC)c(C=Nc2c(C)cc(C)cc2C)n(C)c1C=Nc1c(C)cc(C)cc1C. The van der Waals surface area contributed by atoms with E-state index in [1.807, 2.05) is 19.5 Å².